The average molecular weight is 317 g/mol. The number of hydrogen-bond acceptors (Lipinski definition) is 5. The van der Waals surface area contributed by atoms with Crippen LogP contribution in [-0.2, 0) is 0 Å². The van der Waals surface area contributed by atoms with Crippen LogP contribution in [0.1, 0.15) is 34.6 Å². The molecule has 0 aliphatic carbocycles. The molecular formula is C16H16FN3OS. The molecule has 22 heavy (non-hydrogen) atoms. The molecular weight excluding hydrogens is 301 g/mol. The molecule has 0 bridgehead atoms. The van der Waals surface area contributed by atoms with Crippen molar-refractivity contribution in [3.8, 4) is 0 Å². The van der Waals surface area contributed by atoms with Crippen molar-refractivity contribution in [2.24, 2.45) is 0 Å². The number of benzene rings is 1. The van der Waals surface area contributed by atoms with Gasteiger partial charge in [-0.05, 0) is 25.8 Å². The third-order valence-electron chi connectivity index (χ3n) is 3.71. The van der Waals surface area contributed by atoms with Crippen LogP contribution in [0.2, 0.25) is 0 Å². The van der Waals surface area contributed by atoms with E-state index in [4.69, 9.17) is 0 Å². The van der Waals surface area contributed by atoms with Crippen molar-refractivity contribution >= 4 is 29.0 Å². The summed E-state index contributed by atoms with van der Waals surface area (Å²) in [5.41, 5.74) is 2.12. The molecule has 3 rings (SSSR count). The lowest BCUT2D eigenvalue weighted by Gasteiger charge is -2.27. The molecule has 1 aromatic heterocycles. The fraction of sp³-hybridized carbons (Fsp3) is 0.312. The molecule has 0 amide bonds. The molecule has 0 atom stereocenters. The van der Waals surface area contributed by atoms with Gasteiger partial charge in [0.2, 0.25) is 5.13 Å². The van der Waals surface area contributed by atoms with Crippen molar-refractivity contribution in [1.29, 1.82) is 0 Å². The van der Waals surface area contributed by atoms with Crippen molar-refractivity contribution in [2.45, 2.75) is 19.8 Å². The Bertz CT molecular complexity index is 716. The molecule has 0 saturated carbocycles. The summed E-state index contributed by atoms with van der Waals surface area (Å²) in [7, 11) is 0. The number of carbonyl (C=O) groups excluding carboxylic acids is 1. The van der Waals surface area contributed by atoms with E-state index >= 15 is 0 Å². The Morgan fingerprint density at radius 1 is 1.32 bits per heavy atom. The number of aromatic nitrogens is 2. The van der Waals surface area contributed by atoms with Gasteiger partial charge in [-0.15, -0.1) is 0 Å². The highest BCUT2D eigenvalue weighted by Crippen LogP contribution is 2.26. The third-order valence-corrected chi connectivity index (χ3v) is 4.58. The lowest BCUT2D eigenvalue weighted by Crippen LogP contribution is -2.30. The summed E-state index contributed by atoms with van der Waals surface area (Å²) in [6.45, 7) is 3.63. The number of aldehydes is 1. The van der Waals surface area contributed by atoms with Crippen LogP contribution in [0.5, 0.6) is 0 Å². The summed E-state index contributed by atoms with van der Waals surface area (Å²) in [5.74, 6) is 0.456. The lowest BCUT2D eigenvalue weighted by atomic mass is 10.0. The van der Waals surface area contributed by atoms with Crippen molar-refractivity contribution in [3.05, 3.63) is 46.5 Å². The number of halogens is 1. The average Bonchev–Trinajstić information content (AvgIpc) is 2.96. The van der Waals surface area contributed by atoms with Gasteiger partial charge in [0.15, 0.2) is 0 Å². The SMILES string of the molecule is Cc1nsc(N2CCC(=Cc3ccc(C=O)cc3F)CC2)n1. The molecule has 0 spiro atoms. The van der Waals surface area contributed by atoms with Crippen LogP contribution in [0, 0.1) is 12.7 Å². The second-order valence-electron chi connectivity index (χ2n) is 5.31. The highest BCUT2D eigenvalue weighted by atomic mass is 32.1. The molecule has 6 heteroatoms. The van der Waals surface area contributed by atoms with Gasteiger partial charge in [0.05, 0.1) is 0 Å². The minimum Gasteiger partial charge on any atom is -0.346 e. The number of anilines is 1. The highest BCUT2D eigenvalue weighted by molar-refractivity contribution is 7.09. The molecule has 1 aliphatic rings. The standard InChI is InChI=1S/C16H16FN3OS/c1-11-18-16(22-19-11)20-6-4-12(5-7-20)8-14-3-2-13(10-21)9-15(14)17/h2-3,8-10H,4-7H2,1H3. The van der Waals surface area contributed by atoms with Crippen molar-refractivity contribution in [2.75, 3.05) is 18.0 Å². The third kappa shape index (κ3) is 3.22. The quantitative estimate of drug-likeness (QED) is 0.813. The van der Waals surface area contributed by atoms with Gasteiger partial charge >= 0.3 is 0 Å². The van der Waals surface area contributed by atoms with E-state index in [-0.39, 0.29) is 5.82 Å². The van der Waals surface area contributed by atoms with Gasteiger partial charge in [-0.25, -0.2) is 9.37 Å². The van der Waals surface area contributed by atoms with E-state index in [0.29, 0.717) is 17.4 Å². The molecule has 0 N–H and O–H groups in total. The fourth-order valence-electron chi connectivity index (χ4n) is 2.50. The van der Waals surface area contributed by atoms with Gasteiger partial charge in [-0.3, -0.25) is 4.79 Å². The predicted molar refractivity (Wildman–Crippen MR) is 85.9 cm³/mol. The smallest absolute Gasteiger partial charge is 0.205 e. The normalized spacial score (nSPS) is 15.0. The minimum atomic E-state index is -0.348. The Morgan fingerprint density at radius 2 is 2.09 bits per heavy atom. The number of rotatable bonds is 3. The maximum atomic E-state index is 13.9. The lowest BCUT2D eigenvalue weighted by molar-refractivity contribution is 0.112. The summed E-state index contributed by atoms with van der Waals surface area (Å²) < 4.78 is 18.1. The Balaban J connectivity index is 1.69. The Kier molecular flexibility index (Phi) is 4.29. The topological polar surface area (TPSA) is 46.1 Å². The molecule has 1 aliphatic heterocycles. The largest absolute Gasteiger partial charge is 0.346 e. The fourth-order valence-corrected chi connectivity index (χ4v) is 3.22. The molecule has 1 saturated heterocycles. The zero-order valence-corrected chi connectivity index (χ0v) is 13.1. The zero-order valence-electron chi connectivity index (χ0n) is 12.3. The number of hydrogen-bond donors (Lipinski definition) is 0. The molecule has 0 unspecified atom stereocenters. The molecule has 1 aromatic carbocycles. The maximum absolute atomic E-state index is 13.9. The van der Waals surface area contributed by atoms with Crippen molar-refractivity contribution in [3.63, 3.8) is 0 Å². The second-order valence-corrected chi connectivity index (χ2v) is 6.04. The van der Waals surface area contributed by atoms with Gasteiger partial charge in [0.1, 0.15) is 17.9 Å². The van der Waals surface area contributed by atoms with E-state index in [9.17, 15) is 9.18 Å². The first-order valence-corrected chi connectivity index (χ1v) is 7.92. The molecule has 4 nitrogen and oxygen atoms in total. The number of aryl methyl sites for hydroxylation is 1. The van der Waals surface area contributed by atoms with E-state index in [1.165, 1.54) is 23.2 Å². The number of nitrogens with zero attached hydrogens (tertiary/aromatic N) is 3. The number of piperidine rings is 1. The number of carbonyl (C=O) groups is 1. The first kappa shape index (κ1) is 14.8. The van der Waals surface area contributed by atoms with Crippen LogP contribution in [-0.4, -0.2) is 28.7 Å². The van der Waals surface area contributed by atoms with E-state index in [1.807, 2.05) is 13.0 Å². The Hall–Kier alpha value is -2.08. The zero-order chi connectivity index (χ0) is 15.5. The summed E-state index contributed by atoms with van der Waals surface area (Å²) >= 11 is 1.42. The van der Waals surface area contributed by atoms with Gasteiger partial charge in [0.25, 0.3) is 0 Å². The van der Waals surface area contributed by atoms with E-state index in [2.05, 4.69) is 14.3 Å². The second kappa shape index (κ2) is 6.36. The van der Waals surface area contributed by atoms with E-state index < -0.39 is 0 Å². The summed E-state index contributed by atoms with van der Waals surface area (Å²) in [5, 5.41) is 0.957. The summed E-state index contributed by atoms with van der Waals surface area (Å²) in [4.78, 5) is 17.2. The minimum absolute atomic E-state index is 0.348. The summed E-state index contributed by atoms with van der Waals surface area (Å²) in [6, 6.07) is 4.58. The van der Waals surface area contributed by atoms with Crippen LogP contribution < -0.4 is 4.90 Å². The first-order valence-electron chi connectivity index (χ1n) is 7.15. The highest BCUT2D eigenvalue weighted by Gasteiger charge is 2.17. The molecule has 0 radical (unpaired) electrons. The first-order chi connectivity index (χ1) is 10.7. The van der Waals surface area contributed by atoms with Crippen molar-refractivity contribution < 1.29 is 9.18 Å². The van der Waals surface area contributed by atoms with Crippen LogP contribution >= 0.6 is 11.5 Å². The maximum Gasteiger partial charge on any atom is 0.205 e. The van der Waals surface area contributed by atoms with E-state index in [0.717, 1.165) is 36.9 Å². The molecule has 2 heterocycles. The van der Waals surface area contributed by atoms with Gasteiger partial charge < -0.3 is 4.90 Å². The van der Waals surface area contributed by atoms with E-state index in [1.54, 1.807) is 12.1 Å². The van der Waals surface area contributed by atoms with Crippen molar-refractivity contribution in [1.82, 2.24) is 9.36 Å². The van der Waals surface area contributed by atoms with Gasteiger partial charge in [-0.2, -0.15) is 4.37 Å². The van der Waals surface area contributed by atoms with Gasteiger partial charge in [-0.1, -0.05) is 23.8 Å². The Morgan fingerprint density at radius 3 is 2.68 bits per heavy atom. The van der Waals surface area contributed by atoms with Crippen LogP contribution in [0.15, 0.2) is 23.8 Å². The van der Waals surface area contributed by atoms with Crippen LogP contribution in [0.3, 0.4) is 0 Å². The molecule has 114 valence electrons. The van der Waals surface area contributed by atoms with Crippen LogP contribution in [0.4, 0.5) is 9.52 Å². The van der Waals surface area contributed by atoms with Crippen LogP contribution in [0.25, 0.3) is 6.08 Å². The molecule has 1 fully saturated rings. The summed E-state index contributed by atoms with van der Waals surface area (Å²) in [6.07, 6.45) is 4.32. The van der Waals surface area contributed by atoms with Gasteiger partial charge in [0, 0.05) is 35.7 Å². The Labute approximate surface area is 132 Å². The molecule has 2 aromatic rings. The predicted octanol–water partition coefficient (Wildman–Crippen LogP) is 3.48. The monoisotopic (exact) mass is 317 g/mol.